The van der Waals surface area contributed by atoms with Crippen molar-refractivity contribution in [2.24, 2.45) is 5.92 Å². The maximum Gasteiger partial charge on any atom is 0.251 e. The van der Waals surface area contributed by atoms with Gasteiger partial charge in [-0.05, 0) is 104 Å². The first-order valence-electron chi connectivity index (χ1n) is 15.7. The van der Waals surface area contributed by atoms with Crippen LogP contribution in [0.5, 0.6) is 0 Å². The third kappa shape index (κ3) is 4.77. The minimum Gasteiger partial charge on any atom is -0.355 e. The number of hydrogen-bond donors (Lipinski definition) is 4. The van der Waals surface area contributed by atoms with Crippen LogP contribution in [0.2, 0.25) is 0 Å². The van der Waals surface area contributed by atoms with E-state index in [1.165, 1.54) is 0 Å². The molecule has 0 spiro atoms. The molecule has 232 valence electrons. The average molecular weight is 608 g/mol. The number of aryl methyl sites for hydroxylation is 2. The van der Waals surface area contributed by atoms with Crippen molar-refractivity contribution >= 4 is 17.7 Å². The summed E-state index contributed by atoms with van der Waals surface area (Å²) in [7, 11) is 3.23. The zero-order valence-electron chi connectivity index (χ0n) is 25.5. The summed E-state index contributed by atoms with van der Waals surface area (Å²) in [5, 5.41) is 34.6. The van der Waals surface area contributed by atoms with Crippen molar-refractivity contribution in [3.63, 3.8) is 0 Å². The fourth-order valence-electron chi connectivity index (χ4n) is 8.08. The highest BCUT2D eigenvalue weighted by Gasteiger charge is 2.55. The Morgan fingerprint density at radius 3 is 2.16 bits per heavy atom. The van der Waals surface area contributed by atoms with Gasteiger partial charge in [0.2, 0.25) is 5.91 Å². The molecule has 3 atom stereocenters. The van der Waals surface area contributed by atoms with Crippen molar-refractivity contribution in [2.75, 3.05) is 20.6 Å². The minimum atomic E-state index is -0.891. The third-order valence-electron chi connectivity index (χ3n) is 10.6. The van der Waals surface area contributed by atoms with Gasteiger partial charge in [-0.1, -0.05) is 17.3 Å². The van der Waals surface area contributed by atoms with Crippen molar-refractivity contribution in [1.82, 2.24) is 41.5 Å². The Balaban J connectivity index is 1.33. The summed E-state index contributed by atoms with van der Waals surface area (Å²) >= 11 is 0. The summed E-state index contributed by atoms with van der Waals surface area (Å²) in [6.45, 7) is 0.147. The molecular weight excluding hydrogens is 570 g/mol. The number of amides is 3. The second-order valence-corrected chi connectivity index (χ2v) is 13.0. The fraction of sp³-hybridized carbons (Fsp3) is 0.485. The number of piperidine rings is 1. The van der Waals surface area contributed by atoms with Crippen LogP contribution < -0.4 is 16.0 Å². The van der Waals surface area contributed by atoms with Crippen molar-refractivity contribution in [3.05, 3.63) is 75.6 Å². The van der Waals surface area contributed by atoms with E-state index < -0.39 is 11.0 Å². The molecule has 3 aliphatic carbocycles. The summed E-state index contributed by atoms with van der Waals surface area (Å²) in [6.07, 6.45) is 6.30. The molecule has 2 saturated carbocycles. The molecule has 0 radical (unpaired) electrons. The molecule has 1 saturated heterocycles. The number of nitrogens with zero attached hydrogens (tertiary/aromatic N) is 5. The molecule has 2 aromatic carbocycles. The highest BCUT2D eigenvalue weighted by molar-refractivity contribution is 5.95. The first kappa shape index (κ1) is 29.1. The standard InChI is InChI=1S/C33H37N9O3/c1-35-29(44)21-6-8-25-19(12-21)4-5-20-13-22(30(45)36-2)7-9-26(20)33(25,31-38-40-41-39-31)18-32(10-3-11-32)37-17-28(43)42-24(16-34)14-23-15-27(23)42/h6-9,12-13,23-24,27,37H,3-5,10-11,14-15,17-18H2,1-2H3,(H,35,44)(H,36,45)(H,38,39,40,41)/t23-,24?,27+/m1/s1. The molecule has 3 aromatic rings. The zero-order valence-corrected chi connectivity index (χ0v) is 25.5. The Kier molecular flexibility index (Phi) is 7.16. The van der Waals surface area contributed by atoms with Crippen LogP contribution in [0, 0.1) is 17.2 Å². The average Bonchev–Trinajstić information content (AvgIpc) is 3.43. The highest BCUT2D eigenvalue weighted by atomic mass is 16.2. The summed E-state index contributed by atoms with van der Waals surface area (Å²) < 4.78 is 0. The molecule has 7 rings (SSSR count). The van der Waals surface area contributed by atoms with Gasteiger partial charge in [0, 0.05) is 36.8 Å². The van der Waals surface area contributed by atoms with Gasteiger partial charge in [0.05, 0.1) is 18.0 Å². The molecule has 3 fully saturated rings. The van der Waals surface area contributed by atoms with Crippen LogP contribution in [0.1, 0.15) is 87.3 Å². The number of benzene rings is 2. The monoisotopic (exact) mass is 607 g/mol. The topological polar surface area (TPSA) is 169 Å². The quantitative estimate of drug-likeness (QED) is 0.300. The first-order chi connectivity index (χ1) is 21.8. The number of tetrazole rings is 1. The lowest BCUT2D eigenvalue weighted by Gasteiger charge is -2.49. The summed E-state index contributed by atoms with van der Waals surface area (Å²) in [4.78, 5) is 40.7. The number of likely N-dealkylation sites (tertiary alicyclic amines) is 1. The number of aromatic nitrogens is 4. The van der Waals surface area contributed by atoms with Crippen LogP contribution in [0.25, 0.3) is 0 Å². The lowest BCUT2D eigenvalue weighted by molar-refractivity contribution is -0.131. The zero-order chi connectivity index (χ0) is 31.3. The number of carbonyl (C=O) groups excluding carboxylic acids is 3. The number of rotatable bonds is 8. The second-order valence-electron chi connectivity index (χ2n) is 13.0. The molecule has 1 aliphatic heterocycles. The predicted molar refractivity (Wildman–Crippen MR) is 163 cm³/mol. The van der Waals surface area contributed by atoms with E-state index in [2.05, 4.69) is 42.6 Å². The SMILES string of the molecule is CNC(=O)c1ccc2c(c1)CCc1cc(C(=O)NC)ccc1C2(CC1(NCC(=O)N2C(C#N)C[C@@H]3C[C@@H]32)CCC1)c1nn[nH]n1. The van der Waals surface area contributed by atoms with E-state index in [4.69, 9.17) is 0 Å². The Labute approximate surface area is 261 Å². The Hall–Kier alpha value is -4.63. The number of H-pyrrole nitrogens is 1. The summed E-state index contributed by atoms with van der Waals surface area (Å²) in [5.41, 5.74) is 3.77. The van der Waals surface area contributed by atoms with Gasteiger partial charge in [-0.3, -0.25) is 14.4 Å². The number of carbonyl (C=O) groups is 3. The third-order valence-corrected chi connectivity index (χ3v) is 10.6. The predicted octanol–water partition coefficient (Wildman–Crippen LogP) is 1.77. The molecule has 0 bridgehead atoms. The van der Waals surface area contributed by atoms with Crippen molar-refractivity contribution in [3.8, 4) is 6.07 Å². The van der Waals surface area contributed by atoms with Crippen LogP contribution in [-0.4, -0.2) is 81.5 Å². The molecule has 1 aromatic heterocycles. The maximum atomic E-state index is 13.5. The van der Waals surface area contributed by atoms with Crippen LogP contribution in [0.4, 0.5) is 0 Å². The first-order valence-corrected chi connectivity index (χ1v) is 15.7. The van der Waals surface area contributed by atoms with Gasteiger partial charge in [0.15, 0.2) is 5.82 Å². The van der Waals surface area contributed by atoms with E-state index in [9.17, 15) is 19.6 Å². The lowest BCUT2D eigenvalue weighted by Crippen LogP contribution is -2.58. The molecular formula is C33H37N9O3. The maximum absolute atomic E-state index is 13.5. The smallest absolute Gasteiger partial charge is 0.251 e. The van der Waals surface area contributed by atoms with E-state index >= 15 is 0 Å². The normalized spacial score (nSPS) is 23.3. The van der Waals surface area contributed by atoms with Gasteiger partial charge >= 0.3 is 0 Å². The van der Waals surface area contributed by atoms with Crippen molar-refractivity contribution < 1.29 is 14.4 Å². The number of aromatic amines is 1. The van der Waals surface area contributed by atoms with Crippen LogP contribution in [0.3, 0.4) is 0 Å². The van der Waals surface area contributed by atoms with E-state index in [-0.39, 0.29) is 36.3 Å². The lowest BCUT2D eigenvalue weighted by atomic mass is 9.60. The molecule has 2 heterocycles. The number of hydrogen-bond acceptors (Lipinski definition) is 8. The molecule has 4 aliphatic rings. The van der Waals surface area contributed by atoms with E-state index in [1.54, 1.807) is 19.0 Å². The Bertz CT molecular complexity index is 1640. The summed E-state index contributed by atoms with van der Waals surface area (Å²) in [6, 6.07) is 13.7. The molecule has 12 heteroatoms. The van der Waals surface area contributed by atoms with E-state index in [0.29, 0.717) is 42.1 Å². The van der Waals surface area contributed by atoms with Crippen molar-refractivity contribution in [1.29, 1.82) is 5.26 Å². The largest absolute Gasteiger partial charge is 0.355 e. The fourth-order valence-corrected chi connectivity index (χ4v) is 8.08. The molecule has 12 nitrogen and oxygen atoms in total. The number of nitrogens with one attached hydrogen (secondary N) is 4. The van der Waals surface area contributed by atoms with Gasteiger partial charge in [0.1, 0.15) is 6.04 Å². The summed E-state index contributed by atoms with van der Waals surface area (Å²) in [5.74, 6) is 0.585. The van der Waals surface area contributed by atoms with Crippen molar-refractivity contribution in [2.45, 2.75) is 74.4 Å². The Morgan fingerprint density at radius 1 is 1.00 bits per heavy atom. The Morgan fingerprint density at radius 2 is 1.64 bits per heavy atom. The van der Waals surface area contributed by atoms with Gasteiger partial charge in [-0.2, -0.15) is 10.5 Å². The molecule has 3 amide bonds. The molecule has 45 heavy (non-hydrogen) atoms. The van der Waals surface area contributed by atoms with Crippen LogP contribution in [0.15, 0.2) is 36.4 Å². The van der Waals surface area contributed by atoms with Crippen LogP contribution >= 0.6 is 0 Å². The van der Waals surface area contributed by atoms with Gasteiger partial charge in [-0.25, -0.2) is 0 Å². The molecule has 4 N–H and O–H groups in total. The van der Waals surface area contributed by atoms with Gasteiger partial charge < -0.3 is 20.9 Å². The van der Waals surface area contributed by atoms with E-state index in [0.717, 1.165) is 54.4 Å². The van der Waals surface area contributed by atoms with E-state index in [1.807, 2.05) is 36.4 Å². The second kappa shape index (κ2) is 11.1. The number of nitriles is 1. The number of fused-ring (bicyclic) bond motifs is 3. The molecule has 1 unspecified atom stereocenters. The van der Waals surface area contributed by atoms with Gasteiger partial charge in [-0.15, -0.1) is 10.2 Å². The van der Waals surface area contributed by atoms with Gasteiger partial charge in [0.25, 0.3) is 11.8 Å². The van der Waals surface area contributed by atoms with Crippen LogP contribution in [-0.2, 0) is 23.1 Å². The highest BCUT2D eigenvalue weighted by Crippen LogP contribution is 2.52. The minimum absolute atomic E-state index is 0.0291.